The molecular weight excluding hydrogens is 833 g/mol. The fourth-order valence-corrected chi connectivity index (χ4v) is 7.22. The molecule has 0 bridgehead atoms. The Morgan fingerprint density at radius 2 is 0.515 bits per heavy atom. The monoisotopic (exact) mass is 878 g/mol. The number of benzene rings is 8. The lowest BCUT2D eigenvalue weighted by Gasteiger charge is -2.26. The summed E-state index contributed by atoms with van der Waals surface area (Å²) in [4.78, 5) is 27.7. The van der Waals surface area contributed by atoms with Gasteiger partial charge in [-0.2, -0.15) is 0 Å². The zero-order valence-corrected chi connectivity index (χ0v) is 35.9. The Bertz CT molecular complexity index is 2640. The second-order valence-electron chi connectivity index (χ2n) is 15.2. The number of hydrogen-bond acceptors (Lipinski definition) is 8. The van der Waals surface area contributed by atoms with Crippen molar-refractivity contribution in [2.45, 2.75) is 39.6 Å². The van der Waals surface area contributed by atoms with Crippen molar-refractivity contribution in [2.24, 2.45) is 0 Å². The van der Waals surface area contributed by atoms with Gasteiger partial charge in [-0.15, -0.1) is 0 Å². The minimum atomic E-state index is -1.39. The summed E-state index contributed by atoms with van der Waals surface area (Å²) in [5, 5.41) is 22.5. The largest absolute Gasteiger partial charge is 0.485 e. The van der Waals surface area contributed by atoms with Crippen LogP contribution in [0, 0.1) is 0 Å². The van der Waals surface area contributed by atoms with Crippen LogP contribution < -0.4 is 28.4 Å². The van der Waals surface area contributed by atoms with Gasteiger partial charge in [0.05, 0.1) is 11.1 Å². The van der Waals surface area contributed by atoms with Crippen LogP contribution >= 0.6 is 0 Å². The molecule has 10 nitrogen and oxygen atoms in total. The molecule has 66 heavy (non-hydrogen) atoms. The van der Waals surface area contributed by atoms with Crippen molar-refractivity contribution in [3.63, 3.8) is 0 Å². The SMILES string of the molecule is O=C(O)c1cc(OCc2ccccc2)c(OCc2ccccc2)c(OCc2ccccc2)c1-c1c(C(=O)O)cc(OCc2ccccc2)c(OCc2ccccc2)c1OCc1ccccc1. The number of ether oxygens (including phenoxy) is 6. The van der Waals surface area contributed by atoms with Crippen molar-refractivity contribution in [1.29, 1.82) is 0 Å². The Morgan fingerprint density at radius 3 is 0.742 bits per heavy atom. The van der Waals surface area contributed by atoms with E-state index in [1.165, 1.54) is 12.1 Å². The highest BCUT2D eigenvalue weighted by Gasteiger charge is 2.35. The number of carboxylic acids is 2. The zero-order valence-electron chi connectivity index (χ0n) is 35.9. The summed E-state index contributed by atoms with van der Waals surface area (Å²) in [5.74, 6) is -2.74. The average molecular weight is 879 g/mol. The smallest absolute Gasteiger partial charge is 0.336 e. The van der Waals surface area contributed by atoms with E-state index in [0.29, 0.717) is 0 Å². The predicted octanol–water partition coefficient (Wildman–Crippen LogP) is 12.2. The lowest BCUT2D eigenvalue weighted by Crippen LogP contribution is -2.13. The molecule has 8 rings (SSSR count). The number of aromatic carboxylic acids is 2. The van der Waals surface area contributed by atoms with E-state index in [0.717, 1.165) is 33.4 Å². The Morgan fingerprint density at radius 1 is 0.303 bits per heavy atom. The third-order valence-electron chi connectivity index (χ3n) is 10.5. The van der Waals surface area contributed by atoms with Gasteiger partial charge < -0.3 is 38.6 Å². The molecule has 0 saturated heterocycles. The molecule has 2 N–H and O–H groups in total. The van der Waals surface area contributed by atoms with Crippen LogP contribution in [-0.2, 0) is 39.6 Å². The highest BCUT2D eigenvalue weighted by atomic mass is 16.6. The van der Waals surface area contributed by atoms with Gasteiger partial charge in [-0.3, -0.25) is 0 Å². The van der Waals surface area contributed by atoms with E-state index in [4.69, 9.17) is 28.4 Å². The van der Waals surface area contributed by atoms with Gasteiger partial charge in [-0.25, -0.2) is 9.59 Å². The van der Waals surface area contributed by atoms with Gasteiger partial charge >= 0.3 is 11.9 Å². The Hall–Kier alpha value is -8.50. The van der Waals surface area contributed by atoms with Gasteiger partial charge in [0.15, 0.2) is 23.0 Å². The quantitative estimate of drug-likeness (QED) is 0.0719. The minimum absolute atomic E-state index is 0.0247. The molecule has 0 spiro atoms. The average Bonchev–Trinajstić information content (AvgIpc) is 3.36. The number of hydrogen-bond donors (Lipinski definition) is 2. The van der Waals surface area contributed by atoms with Crippen molar-refractivity contribution in [1.82, 2.24) is 0 Å². The van der Waals surface area contributed by atoms with Crippen LogP contribution in [0.3, 0.4) is 0 Å². The fraction of sp³-hybridized carbons (Fsp3) is 0.107. The Kier molecular flexibility index (Phi) is 14.5. The maximum atomic E-state index is 13.8. The van der Waals surface area contributed by atoms with Gasteiger partial charge in [-0.1, -0.05) is 182 Å². The van der Waals surface area contributed by atoms with Crippen LogP contribution in [-0.4, -0.2) is 22.2 Å². The summed E-state index contributed by atoms with van der Waals surface area (Å²) in [6, 6.07) is 59.0. The van der Waals surface area contributed by atoms with E-state index in [-0.39, 0.29) is 96.4 Å². The third kappa shape index (κ3) is 11.2. The van der Waals surface area contributed by atoms with Crippen molar-refractivity contribution in [3.8, 4) is 45.6 Å². The standard InChI is InChI=1S/C56H46O10/c57-55(58)45-31-47(61-33-39-19-7-1-8-20-39)51(63-35-41-23-11-3-12-24-41)53(65-37-43-27-15-5-16-28-43)49(45)50-46(56(59)60)32-48(62-34-40-21-9-2-10-22-40)52(64-36-42-25-13-4-14-26-42)54(50)66-38-44-29-17-6-18-30-44/h1-32H,33-38H2,(H,57,58)(H,59,60). The van der Waals surface area contributed by atoms with Gasteiger partial charge in [0, 0.05) is 11.1 Å². The summed E-state index contributed by atoms with van der Waals surface area (Å²) < 4.78 is 39.7. The molecule has 0 saturated carbocycles. The zero-order chi connectivity index (χ0) is 45.5. The van der Waals surface area contributed by atoms with Crippen LogP contribution in [0.25, 0.3) is 11.1 Å². The van der Waals surface area contributed by atoms with Crippen LogP contribution in [0.5, 0.6) is 34.5 Å². The number of carboxylic acid groups (broad SMARTS) is 2. The molecule has 0 atom stereocenters. The summed E-state index contributed by atoms with van der Waals surface area (Å²) in [6.45, 7) is 0.0312. The summed E-state index contributed by atoms with van der Waals surface area (Å²) in [5.41, 5.74) is 3.80. The van der Waals surface area contributed by atoms with Crippen molar-refractivity contribution in [3.05, 3.63) is 239 Å². The van der Waals surface area contributed by atoms with E-state index in [2.05, 4.69) is 0 Å². The number of rotatable bonds is 21. The van der Waals surface area contributed by atoms with Crippen LogP contribution in [0.2, 0.25) is 0 Å². The Balaban J connectivity index is 1.41. The minimum Gasteiger partial charge on any atom is -0.485 e. The maximum Gasteiger partial charge on any atom is 0.336 e. The van der Waals surface area contributed by atoms with Crippen molar-refractivity contribution in [2.75, 3.05) is 0 Å². The van der Waals surface area contributed by atoms with Crippen molar-refractivity contribution < 1.29 is 48.2 Å². The van der Waals surface area contributed by atoms with Gasteiger partial charge in [0.25, 0.3) is 0 Å². The molecule has 0 aliphatic heterocycles. The second-order valence-corrected chi connectivity index (χ2v) is 15.2. The molecule has 8 aromatic rings. The van der Waals surface area contributed by atoms with E-state index < -0.39 is 11.9 Å². The molecular formula is C56H46O10. The summed E-state index contributed by atoms with van der Waals surface area (Å²) >= 11 is 0. The molecule has 8 aromatic carbocycles. The van der Waals surface area contributed by atoms with E-state index in [1.54, 1.807) is 0 Å². The maximum absolute atomic E-state index is 13.8. The first-order valence-electron chi connectivity index (χ1n) is 21.3. The molecule has 0 amide bonds. The summed E-state index contributed by atoms with van der Waals surface area (Å²) in [7, 11) is 0. The molecule has 0 fully saturated rings. The highest BCUT2D eigenvalue weighted by Crippen LogP contribution is 2.55. The van der Waals surface area contributed by atoms with E-state index >= 15 is 0 Å². The van der Waals surface area contributed by atoms with Crippen LogP contribution in [0.15, 0.2) is 194 Å². The highest BCUT2D eigenvalue weighted by molar-refractivity contribution is 6.07. The summed E-state index contributed by atoms with van der Waals surface area (Å²) in [6.07, 6.45) is 0. The van der Waals surface area contributed by atoms with Crippen LogP contribution in [0.4, 0.5) is 0 Å². The topological polar surface area (TPSA) is 130 Å². The molecule has 330 valence electrons. The normalized spacial score (nSPS) is 10.7. The van der Waals surface area contributed by atoms with Crippen LogP contribution in [0.1, 0.15) is 54.1 Å². The third-order valence-corrected chi connectivity index (χ3v) is 10.5. The molecule has 0 radical (unpaired) electrons. The van der Waals surface area contributed by atoms with Crippen molar-refractivity contribution >= 4 is 11.9 Å². The molecule has 0 aliphatic carbocycles. The molecule has 0 aromatic heterocycles. The van der Waals surface area contributed by atoms with Gasteiger partial charge in [-0.05, 0) is 45.5 Å². The number of carbonyl (C=O) groups is 2. The molecule has 0 aliphatic rings. The predicted molar refractivity (Wildman–Crippen MR) is 250 cm³/mol. The van der Waals surface area contributed by atoms with E-state index in [1.807, 2.05) is 182 Å². The first-order valence-corrected chi connectivity index (χ1v) is 21.3. The second kappa shape index (κ2) is 21.7. The van der Waals surface area contributed by atoms with Gasteiger partial charge in [0.1, 0.15) is 39.6 Å². The Labute approximate surface area is 382 Å². The fourth-order valence-electron chi connectivity index (χ4n) is 7.22. The lowest BCUT2D eigenvalue weighted by molar-refractivity contribution is 0.0683. The first-order chi connectivity index (χ1) is 32.4. The van der Waals surface area contributed by atoms with E-state index in [9.17, 15) is 19.8 Å². The molecule has 0 heterocycles. The molecule has 10 heteroatoms. The lowest BCUT2D eigenvalue weighted by atomic mass is 9.91. The first kappa shape index (κ1) is 44.1. The molecule has 0 unspecified atom stereocenters. The van der Waals surface area contributed by atoms with Gasteiger partial charge in [0.2, 0.25) is 11.5 Å².